The van der Waals surface area contributed by atoms with Gasteiger partial charge in [0.1, 0.15) is 11.2 Å². The lowest BCUT2D eigenvalue weighted by atomic mass is 9.73. The van der Waals surface area contributed by atoms with Gasteiger partial charge < -0.3 is 42.4 Å². The summed E-state index contributed by atoms with van der Waals surface area (Å²) in [5.41, 5.74) is 16.6. The van der Waals surface area contributed by atoms with E-state index in [1.54, 1.807) is 11.0 Å². The minimum absolute atomic E-state index is 0.101. The van der Waals surface area contributed by atoms with Gasteiger partial charge in [0, 0.05) is 18.7 Å². The zero-order chi connectivity index (χ0) is 20.3. The topological polar surface area (TPSA) is 172 Å². The van der Waals surface area contributed by atoms with Gasteiger partial charge in [-0.1, -0.05) is 0 Å². The van der Waals surface area contributed by atoms with Crippen molar-refractivity contribution >= 4 is 29.4 Å². The summed E-state index contributed by atoms with van der Waals surface area (Å²) >= 11 is 6.94. The molecule has 6 rings (SSSR count). The third-order valence-corrected chi connectivity index (χ3v) is 8.12. The number of aromatic nitrogens is 1. The van der Waals surface area contributed by atoms with Crippen molar-refractivity contribution in [2.45, 2.75) is 29.0 Å². The van der Waals surface area contributed by atoms with Crippen molar-refractivity contribution in [2.75, 3.05) is 13.1 Å². The van der Waals surface area contributed by atoms with E-state index < -0.39 is 29.0 Å². The van der Waals surface area contributed by atoms with Crippen LogP contribution in [0, 0.1) is 17.8 Å². The van der Waals surface area contributed by atoms with E-state index in [0.717, 1.165) is 0 Å². The zero-order valence-electron chi connectivity index (χ0n) is 15.4. The molecule has 1 aromatic heterocycles. The predicted molar refractivity (Wildman–Crippen MR) is 105 cm³/mol. The van der Waals surface area contributed by atoms with Crippen LogP contribution in [-0.2, 0) is 0 Å². The van der Waals surface area contributed by atoms with Gasteiger partial charge in [0.05, 0.1) is 5.38 Å². The van der Waals surface area contributed by atoms with Crippen LogP contribution in [-0.4, -0.2) is 68.3 Å². The number of alkyl halides is 1. The molecule has 9 N–H and O–H groups in total. The van der Waals surface area contributed by atoms with E-state index in [2.05, 4.69) is 20.6 Å². The highest BCUT2D eigenvalue weighted by molar-refractivity contribution is 6.22. The second kappa shape index (κ2) is 5.15. The number of aliphatic hydroxyl groups excluding tert-OH is 1. The van der Waals surface area contributed by atoms with Gasteiger partial charge in [0.15, 0.2) is 30.0 Å². The molecule has 3 unspecified atom stereocenters. The molecule has 1 aliphatic carbocycles. The fraction of sp³-hybridized carbons (Fsp3) is 0.588. The smallest absolute Gasteiger partial charge is 0.272 e. The standard InChI is InChI=1S/C17H22ClN9O2/c18-10-6(4-19)7-5-27-11(28)8-2-1-3-26(8)12-17(27,25-14(20)22-12)9(7)16(10)13(29)23-15(21)24-16/h1-3,6-7,9-10,12-13,29H,4-5,19H2,(H3,20,22,25)(H3,21,23,24)/t6-,7?,9?,10-,12?,13-,16+,17-/m0/s1. The van der Waals surface area contributed by atoms with Crippen LogP contribution in [0.3, 0.4) is 0 Å². The molecule has 29 heavy (non-hydrogen) atoms. The molecule has 8 atom stereocenters. The van der Waals surface area contributed by atoms with Crippen molar-refractivity contribution < 1.29 is 9.90 Å². The van der Waals surface area contributed by atoms with Crippen LogP contribution in [0.4, 0.5) is 0 Å². The van der Waals surface area contributed by atoms with E-state index in [9.17, 15) is 9.90 Å². The van der Waals surface area contributed by atoms with Crippen LogP contribution in [0.1, 0.15) is 16.7 Å². The maximum atomic E-state index is 13.4. The number of carbonyl (C=O) groups is 1. The average molecular weight is 420 g/mol. The Bertz CT molecular complexity index is 993. The molecule has 1 aromatic rings. The van der Waals surface area contributed by atoms with Gasteiger partial charge in [-0.25, -0.2) is 9.98 Å². The maximum Gasteiger partial charge on any atom is 0.272 e. The van der Waals surface area contributed by atoms with E-state index >= 15 is 0 Å². The lowest BCUT2D eigenvalue weighted by Gasteiger charge is -2.51. The van der Waals surface area contributed by atoms with Crippen molar-refractivity contribution in [3.05, 3.63) is 24.0 Å². The number of hydrogen-bond acceptors (Lipinski definition) is 9. The van der Waals surface area contributed by atoms with Crippen molar-refractivity contribution in [3.63, 3.8) is 0 Å². The van der Waals surface area contributed by atoms with Gasteiger partial charge in [-0.15, -0.1) is 11.6 Å². The van der Waals surface area contributed by atoms with Crippen molar-refractivity contribution in [3.8, 4) is 0 Å². The minimum Gasteiger partial charge on any atom is -0.370 e. The van der Waals surface area contributed by atoms with Crippen molar-refractivity contribution in [2.24, 2.45) is 44.9 Å². The maximum absolute atomic E-state index is 13.4. The van der Waals surface area contributed by atoms with Gasteiger partial charge in [-0.05, 0) is 30.5 Å². The van der Waals surface area contributed by atoms with Crippen LogP contribution in [0.2, 0.25) is 0 Å². The second-order valence-electron chi connectivity index (χ2n) is 8.44. The third kappa shape index (κ3) is 1.68. The zero-order valence-corrected chi connectivity index (χ0v) is 16.1. The molecule has 11 nitrogen and oxygen atoms in total. The second-order valence-corrected chi connectivity index (χ2v) is 8.91. The molecule has 5 heterocycles. The summed E-state index contributed by atoms with van der Waals surface area (Å²) in [6.45, 7) is 0.721. The molecule has 1 amide bonds. The van der Waals surface area contributed by atoms with Crippen molar-refractivity contribution in [1.82, 2.24) is 20.1 Å². The van der Waals surface area contributed by atoms with Crippen molar-refractivity contribution in [1.29, 1.82) is 0 Å². The lowest BCUT2D eigenvalue weighted by Crippen LogP contribution is -2.74. The minimum atomic E-state index is -1.19. The van der Waals surface area contributed by atoms with Gasteiger partial charge in [0.25, 0.3) is 5.91 Å². The number of guanidine groups is 2. The number of hydrogen-bond donors (Lipinski definition) is 6. The molecule has 154 valence electrons. The van der Waals surface area contributed by atoms with Crippen LogP contribution in [0.25, 0.3) is 0 Å². The number of carbonyl (C=O) groups excluding carboxylic acids is 1. The quantitative estimate of drug-likeness (QED) is 0.272. The number of aliphatic hydroxyl groups is 1. The Morgan fingerprint density at radius 3 is 2.76 bits per heavy atom. The summed E-state index contributed by atoms with van der Waals surface area (Å²) in [6, 6.07) is 3.58. The number of rotatable bonds is 1. The SMILES string of the molecule is NC[C@H]1C2CN3C(=O)c4cccn4C4N=C(N)N[C@]43C2[C@@]2(NC(N)=N[C@H]2O)[C@H]1Cl. The van der Waals surface area contributed by atoms with Crippen LogP contribution >= 0.6 is 11.6 Å². The molecule has 5 aliphatic rings. The summed E-state index contributed by atoms with van der Waals surface area (Å²) in [5.74, 6) is -0.441. The summed E-state index contributed by atoms with van der Waals surface area (Å²) in [5, 5.41) is 16.9. The molecule has 2 fully saturated rings. The monoisotopic (exact) mass is 419 g/mol. The Hall–Kier alpha value is -2.50. The number of amides is 1. The average Bonchev–Trinajstić information content (AvgIpc) is 3.42. The molecule has 4 aliphatic heterocycles. The number of nitrogens with two attached hydrogens (primary N) is 3. The number of nitrogens with one attached hydrogen (secondary N) is 2. The number of halogens is 1. The highest BCUT2D eigenvalue weighted by atomic mass is 35.5. The van der Waals surface area contributed by atoms with Gasteiger partial charge in [-0.2, -0.15) is 0 Å². The third-order valence-electron chi connectivity index (χ3n) is 7.43. The first kappa shape index (κ1) is 17.4. The first-order valence-electron chi connectivity index (χ1n) is 9.60. The lowest BCUT2D eigenvalue weighted by molar-refractivity contribution is -0.0269. The van der Waals surface area contributed by atoms with E-state index in [4.69, 9.17) is 28.8 Å². The molecule has 1 saturated heterocycles. The van der Waals surface area contributed by atoms with Crippen LogP contribution < -0.4 is 27.8 Å². The number of fused-ring (bicyclic) bond motifs is 4. The van der Waals surface area contributed by atoms with E-state index in [1.165, 1.54) is 0 Å². The van der Waals surface area contributed by atoms with E-state index in [0.29, 0.717) is 18.8 Å². The number of aliphatic imine (C=N–C) groups is 2. The van der Waals surface area contributed by atoms with Gasteiger partial charge >= 0.3 is 0 Å². The summed E-state index contributed by atoms with van der Waals surface area (Å²) < 4.78 is 1.83. The Kier molecular flexibility index (Phi) is 3.09. The molecular formula is C17H22ClN9O2. The van der Waals surface area contributed by atoms with Crippen LogP contribution in [0.5, 0.6) is 0 Å². The highest BCUT2D eigenvalue weighted by Crippen LogP contribution is 2.63. The molecule has 2 spiro atoms. The highest BCUT2D eigenvalue weighted by Gasteiger charge is 2.79. The first-order valence-corrected chi connectivity index (χ1v) is 10.0. The predicted octanol–water partition coefficient (Wildman–Crippen LogP) is -2.53. The largest absolute Gasteiger partial charge is 0.370 e. The Labute approximate surface area is 170 Å². The summed E-state index contributed by atoms with van der Waals surface area (Å²) in [7, 11) is 0. The Morgan fingerprint density at radius 2 is 2.07 bits per heavy atom. The normalized spacial score (nSPS) is 46.6. The fourth-order valence-electron chi connectivity index (χ4n) is 6.54. The first-order chi connectivity index (χ1) is 13.9. The molecule has 0 bridgehead atoms. The summed E-state index contributed by atoms with van der Waals surface area (Å²) in [6.07, 6.45) is 0.125. The van der Waals surface area contributed by atoms with Gasteiger partial charge in [-0.3, -0.25) is 4.79 Å². The number of nitrogens with zero attached hydrogens (tertiary/aromatic N) is 4. The molecule has 12 heteroatoms. The fourth-order valence-corrected chi connectivity index (χ4v) is 7.13. The Morgan fingerprint density at radius 1 is 1.31 bits per heavy atom. The summed E-state index contributed by atoms with van der Waals surface area (Å²) in [4.78, 5) is 24.0. The molecule has 0 radical (unpaired) electrons. The van der Waals surface area contributed by atoms with Crippen LogP contribution in [0.15, 0.2) is 28.3 Å². The van der Waals surface area contributed by atoms with E-state index in [-0.39, 0.29) is 35.6 Å². The van der Waals surface area contributed by atoms with Gasteiger partial charge in [0.2, 0.25) is 0 Å². The van der Waals surface area contributed by atoms with E-state index in [1.807, 2.05) is 16.8 Å². The molecule has 1 saturated carbocycles. The Balaban J connectivity index is 1.60. The molecule has 0 aromatic carbocycles. The molecular weight excluding hydrogens is 398 g/mol.